The lowest BCUT2D eigenvalue weighted by Crippen LogP contribution is -2.19. The van der Waals surface area contributed by atoms with Crippen LogP contribution < -0.4 is 5.32 Å². The van der Waals surface area contributed by atoms with Gasteiger partial charge in [0.05, 0.1) is 27.2 Å². The van der Waals surface area contributed by atoms with Gasteiger partial charge in [-0.1, -0.05) is 18.2 Å². The molecule has 2 heterocycles. The highest BCUT2D eigenvalue weighted by atomic mass is 32.2. The number of aromatic nitrogens is 2. The van der Waals surface area contributed by atoms with Gasteiger partial charge in [0.2, 0.25) is 0 Å². The molecular weight excluding hydrogens is 364 g/mol. The minimum Gasteiger partial charge on any atom is -0.478 e. The average molecular weight is 378 g/mol. The fourth-order valence-electron chi connectivity index (χ4n) is 2.72. The van der Waals surface area contributed by atoms with Crippen molar-refractivity contribution in [3.05, 3.63) is 64.8 Å². The number of benzene rings is 2. The third-order valence-corrected chi connectivity index (χ3v) is 4.97. The molecule has 1 aliphatic rings. The van der Waals surface area contributed by atoms with Crippen LogP contribution in [0.3, 0.4) is 0 Å². The fraction of sp³-hybridized carbons (Fsp3) is 0.0526. The van der Waals surface area contributed by atoms with E-state index in [9.17, 15) is 9.59 Å². The van der Waals surface area contributed by atoms with Crippen molar-refractivity contribution >= 4 is 51.6 Å². The zero-order valence-electron chi connectivity index (χ0n) is 14.2. The van der Waals surface area contributed by atoms with Crippen LogP contribution in [0.1, 0.15) is 16.2 Å². The van der Waals surface area contributed by atoms with Gasteiger partial charge in [0, 0.05) is 13.1 Å². The summed E-state index contributed by atoms with van der Waals surface area (Å²) in [6.07, 6.45) is 1.72. The summed E-state index contributed by atoms with van der Waals surface area (Å²) in [4.78, 5) is 32.7. The lowest BCUT2D eigenvalue weighted by molar-refractivity contribution is -0.115. The molecule has 27 heavy (non-hydrogen) atoms. The summed E-state index contributed by atoms with van der Waals surface area (Å²) in [5, 5.41) is 12.2. The molecular formula is C19H14N4O3S. The van der Waals surface area contributed by atoms with Crippen LogP contribution in [0.15, 0.2) is 58.4 Å². The van der Waals surface area contributed by atoms with Crippen LogP contribution in [0, 0.1) is 0 Å². The van der Waals surface area contributed by atoms with Crippen LogP contribution in [0.25, 0.3) is 17.1 Å². The van der Waals surface area contributed by atoms with Gasteiger partial charge in [-0.25, -0.2) is 14.8 Å². The Kier molecular flexibility index (Phi) is 4.25. The maximum Gasteiger partial charge on any atom is 0.335 e. The van der Waals surface area contributed by atoms with E-state index in [-0.39, 0.29) is 11.5 Å². The lowest BCUT2D eigenvalue weighted by Gasteiger charge is -1.98. The van der Waals surface area contributed by atoms with Gasteiger partial charge in [0.1, 0.15) is 5.82 Å². The first-order valence-electron chi connectivity index (χ1n) is 8.06. The Bertz CT molecular complexity index is 1150. The van der Waals surface area contributed by atoms with Crippen molar-refractivity contribution in [2.24, 2.45) is 12.0 Å². The SMILES string of the molecule is Cn1c(/C=C2/SC(=Nc3cccc(C(=O)O)c3)NC2=O)nc2ccccc21. The van der Waals surface area contributed by atoms with E-state index in [1.807, 2.05) is 35.9 Å². The molecule has 8 heteroatoms. The Morgan fingerprint density at radius 1 is 1.26 bits per heavy atom. The Morgan fingerprint density at radius 2 is 2.07 bits per heavy atom. The number of amidine groups is 1. The van der Waals surface area contributed by atoms with Crippen LogP contribution in [0.2, 0.25) is 0 Å². The molecule has 1 aliphatic heterocycles. The zero-order chi connectivity index (χ0) is 19.0. The van der Waals surface area contributed by atoms with Gasteiger partial charge in [0.15, 0.2) is 5.17 Å². The van der Waals surface area contributed by atoms with E-state index in [1.165, 1.54) is 23.9 Å². The number of nitrogens with zero attached hydrogens (tertiary/aromatic N) is 3. The predicted octanol–water partition coefficient (Wildman–Crippen LogP) is 3.16. The number of amides is 1. The molecule has 0 atom stereocenters. The van der Waals surface area contributed by atoms with Crippen molar-refractivity contribution in [2.45, 2.75) is 0 Å². The number of carboxylic acids is 1. The van der Waals surface area contributed by atoms with E-state index in [1.54, 1.807) is 18.2 Å². The highest BCUT2D eigenvalue weighted by molar-refractivity contribution is 8.18. The number of aromatic carboxylic acids is 1. The number of carbonyl (C=O) groups excluding carboxylic acids is 1. The maximum absolute atomic E-state index is 12.3. The van der Waals surface area contributed by atoms with Crippen LogP contribution in [-0.2, 0) is 11.8 Å². The number of rotatable bonds is 3. The molecule has 1 aromatic heterocycles. The molecule has 1 fully saturated rings. The molecule has 0 spiro atoms. The second kappa shape index (κ2) is 6.73. The first-order valence-corrected chi connectivity index (χ1v) is 8.87. The normalized spacial score (nSPS) is 17.0. The van der Waals surface area contributed by atoms with Gasteiger partial charge in [-0.05, 0) is 42.1 Å². The number of fused-ring (bicyclic) bond motifs is 1. The second-order valence-corrected chi connectivity index (χ2v) is 6.89. The number of carbonyl (C=O) groups is 2. The van der Waals surface area contributed by atoms with Crippen molar-refractivity contribution in [3.8, 4) is 0 Å². The topological polar surface area (TPSA) is 96.6 Å². The maximum atomic E-state index is 12.3. The summed E-state index contributed by atoms with van der Waals surface area (Å²) < 4.78 is 1.92. The molecule has 134 valence electrons. The van der Waals surface area contributed by atoms with E-state index in [2.05, 4.69) is 15.3 Å². The number of para-hydroxylation sites is 2. The van der Waals surface area contributed by atoms with Gasteiger partial charge in [-0.3, -0.25) is 4.79 Å². The molecule has 2 aromatic carbocycles. The number of aliphatic imine (C=N–C) groups is 1. The highest BCUT2D eigenvalue weighted by Gasteiger charge is 2.24. The predicted molar refractivity (Wildman–Crippen MR) is 105 cm³/mol. The van der Waals surface area contributed by atoms with E-state index in [4.69, 9.17) is 5.11 Å². The van der Waals surface area contributed by atoms with E-state index < -0.39 is 5.97 Å². The third-order valence-electron chi connectivity index (χ3n) is 4.06. The molecule has 0 unspecified atom stereocenters. The van der Waals surface area contributed by atoms with Gasteiger partial charge in [0.25, 0.3) is 5.91 Å². The van der Waals surface area contributed by atoms with Crippen LogP contribution in [0.4, 0.5) is 5.69 Å². The van der Waals surface area contributed by atoms with E-state index >= 15 is 0 Å². The van der Waals surface area contributed by atoms with Gasteiger partial charge < -0.3 is 15.0 Å². The van der Waals surface area contributed by atoms with Crippen molar-refractivity contribution < 1.29 is 14.7 Å². The number of aryl methyl sites for hydroxylation is 1. The molecule has 1 saturated heterocycles. The Labute approximate surface area is 158 Å². The van der Waals surface area contributed by atoms with Gasteiger partial charge >= 0.3 is 5.97 Å². The summed E-state index contributed by atoms with van der Waals surface area (Å²) in [7, 11) is 1.89. The monoisotopic (exact) mass is 378 g/mol. The first kappa shape index (κ1) is 17.0. The summed E-state index contributed by atoms with van der Waals surface area (Å²) in [5.41, 5.74) is 2.44. The molecule has 0 saturated carbocycles. The van der Waals surface area contributed by atoms with Crippen molar-refractivity contribution in [1.29, 1.82) is 0 Å². The number of imidazole rings is 1. The molecule has 7 nitrogen and oxygen atoms in total. The van der Waals surface area contributed by atoms with Crippen LogP contribution in [0.5, 0.6) is 0 Å². The molecule has 0 radical (unpaired) electrons. The molecule has 0 bridgehead atoms. The Balaban J connectivity index is 1.64. The standard InChI is InChI=1S/C19H14N4O3S/c1-23-14-8-3-2-7-13(14)21-16(23)10-15-17(24)22-19(27-15)20-12-6-4-5-11(9-12)18(25)26/h2-10H,1H3,(H,25,26)(H,20,22,24)/b15-10+. The molecule has 1 amide bonds. The molecule has 0 aliphatic carbocycles. The summed E-state index contributed by atoms with van der Waals surface area (Å²) in [6.45, 7) is 0. The number of hydrogen-bond acceptors (Lipinski definition) is 5. The fourth-order valence-corrected chi connectivity index (χ4v) is 3.53. The van der Waals surface area contributed by atoms with Gasteiger partial charge in [-0.15, -0.1) is 0 Å². The summed E-state index contributed by atoms with van der Waals surface area (Å²) >= 11 is 1.19. The van der Waals surface area contributed by atoms with Crippen LogP contribution >= 0.6 is 11.8 Å². The molecule has 2 N–H and O–H groups in total. The van der Waals surface area contributed by atoms with E-state index in [0.29, 0.717) is 21.6 Å². The quantitative estimate of drug-likeness (QED) is 0.683. The summed E-state index contributed by atoms with van der Waals surface area (Å²) in [6, 6.07) is 14.0. The minimum absolute atomic E-state index is 0.140. The third kappa shape index (κ3) is 3.34. The number of carboxylic acid groups (broad SMARTS) is 1. The average Bonchev–Trinajstić information content (AvgIpc) is 3.15. The largest absolute Gasteiger partial charge is 0.478 e. The number of thioether (sulfide) groups is 1. The Hall–Kier alpha value is -3.39. The van der Waals surface area contributed by atoms with E-state index in [0.717, 1.165) is 11.0 Å². The highest BCUT2D eigenvalue weighted by Crippen LogP contribution is 2.28. The summed E-state index contributed by atoms with van der Waals surface area (Å²) in [5.74, 6) is -0.620. The Morgan fingerprint density at radius 3 is 2.85 bits per heavy atom. The second-order valence-electron chi connectivity index (χ2n) is 5.85. The number of hydrogen-bond donors (Lipinski definition) is 2. The minimum atomic E-state index is -1.03. The lowest BCUT2D eigenvalue weighted by atomic mass is 10.2. The zero-order valence-corrected chi connectivity index (χ0v) is 15.0. The van der Waals surface area contributed by atoms with Crippen molar-refractivity contribution in [3.63, 3.8) is 0 Å². The van der Waals surface area contributed by atoms with Crippen molar-refractivity contribution in [1.82, 2.24) is 14.9 Å². The van der Waals surface area contributed by atoms with Crippen molar-refractivity contribution in [2.75, 3.05) is 0 Å². The van der Waals surface area contributed by atoms with Gasteiger partial charge in [-0.2, -0.15) is 0 Å². The molecule has 4 rings (SSSR count). The smallest absolute Gasteiger partial charge is 0.335 e. The number of nitrogens with one attached hydrogen (secondary N) is 1. The van der Waals surface area contributed by atoms with Crippen LogP contribution in [-0.4, -0.2) is 31.7 Å². The first-order chi connectivity index (χ1) is 13.0. The molecule has 3 aromatic rings.